The van der Waals surface area contributed by atoms with Crippen LogP contribution in [0.1, 0.15) is 22.4 Å². The summed E-state index contributed by atoms with van der Waals surface area (Å²) in [6.45, 7) is 0. The lowest BCUT2D eigenvalue weighted by Crippen LogP contribution is -2.36. The van der Waals surface area contributed by atoms with Gasteiger partial charge in [0.2, 0.25) is 0 Å². The molecule has 2 nitrogen and oxygen atoms in total. The van der Waals surface area contributed by atoms with E-state index >= 15 is 0 Å². The van der Waals surface area contributed by atoms with Crippen LogP contribution in [0.3, 0.4) is 0 Å². The Morgan fingerprint density at radius 2 is 2.28 bits per heavy atom. The van der Waals surface area contributed by atoms with Gasteiger partial charge in [-0.2, -0.15) is 0 Å². The first-order valence-electron chi connectivity index (χ1n) is 6.20. The van der Waals surface area contributed by atoms with E-state index in [2.05, 4.69) is 29.6 Å². The summed E-state index contributed by atoms with van der Waals surface area (Å²) < 4.78 is 5.32. The Morgan fingerprint density at radius 3 is 3.00 bits per heavy atom. The summed E-state index contributed by atoms with van der Waals surface area (Å²) in [7, 11) is 1.70. The standard InChI is InChI=1S/C15H17NOS/c1-17-12-5-4-11-6-7-15(16,14(11)9-12)10-13-3-2-8-18-13/h2-5,8-9H,6-7,10,16H2,1H3. The summed E-state index contributed by atoms with van der Waals surface area (Å²) in [4.78, 5) is 1.35. The summed E-state index contributed by atoms with van der Waals surface area (Å²) in [5, 5.41) is 2.11. The largest absolute Gasteiger partial charge is 0.497 e. The lowest BCUT2D eigenvalue weighted by Gasteiger charge is -2.25. The maximum atomic E-state index is 6.64. The van der Waals surface area contributed by atoms with E-state index in [1.807, 2.05) is 6.07 Å². The predicted octanol–water partition coefficient (Wildman–Crippen LogP) is 3.10. The van der Waals surface area contributed by atoms with E-state index in [1.165, 1.54) is 16.0 Å². The molecule has 18 heavy (non-hydrogen) atoms. The van der Waals surface area contributed by atoms with Crippen molar-refractivity contribution in [3.8, 4) is 5.75 Å². The molecule has 1 aliphatic carbocycles. The van der Waals surface area contributed by atoms with E-state index in [0.717, 1.165) is 25.0 Å². The molecule has 0 bridgehead atoms. The lowest BCUT2D eigenvalue weighted by molar-refractivity contribution is 0.408. The van der Waals surface area contributed by atoms with Crippen LogP contribution in [0, 0.1) is 0 Å². The summed E-state index contributed by atoms with van der Waals surface area (Å²) in [6.07, 6.45) is 3.01. The highest BCUT2D eigenvalue weighted by Gasteiger charge is 2.35. The SMILES string of the molecule is COc1ccc2c(c1)C(N)(Cc1cccs1)CC2. The number of hydrogen-bond donors (Lipinski definition) is 1. The molecule has 0 aliphatic heterocycles. The summed E-state index contributed by atoms with van der Waals surface area (Å²) >= 11 is 1.78. The number of fused-ring (bicyclic) bond motifs is 1. The Bertz CT molecular complexity index is 550. The number of aryl methyl sites for hydroxylation is 1. The fourth-order valence-corrected chi connectivity index (χ4v) is 3.59. The van der Waals surface area contributed by atoms with Crippen LogP contribution in [0.15, 0.2) is 35.7 Å². The van der Waals surface area contributed by atoms with Gasteiger partial charge >= 0.3 is 0 Å². The van der Waals surface area contributed by atoms with E-state index in [0.29, 0.717) is 0 Å². The van der Waals surface area contributed by atoms with Crippen LogP contribution in [0.4, 0.5) is 0 Å². The monoisotopic (exact) mass is 259 g/mol. The first-order valence-corrected chi connectivity index (χ1v) is 7.08. The van der Waals surface area contributed by atoms with Crippen molar-refractivity contribution in [2.24, 2.45) is 5.73 Å². The molecule has 3 rings (SSSR count). The Labute approximate surface area is 111 Å². The molecule has 2 aromatic rings. The molecule has 1 aromatic carbocycles. The summed E-state index contributed by atoms with van der Waals surface area (Å²) in [5.74, 6) is 0.900. The molecule has 1 unspecified atom stereocenters. The van der Waals surface area contributed by atoms with Gasteiger partial charge in [0, 0.05) is 16.8 Å². The summed E-state index contributed by atoms with van der Waals surface area (Å²) in [6, 6.07) is 10.5. The Kier molecular flexibility index (Phi) is 2.88. The second-order valence-electron chi connectivity index (χ2n) is 4.94. The van der Waals surface area contributed by atoms with Crippen molar-refractivity contribution >= 4 is 11.3 Å². The zero-order valence-corrected chi connectivity index (χ0v) is 11.3. The van der Waals surface area contributed by atoms with Crippen LogP contribution in [0.2, 0.25) is 0 Å². The first kappa shape index (κ1) is 11.8. The van der Waals surface area contributed by atoms with Crippen molar-refractivity contribution in [1.29, 1.82) is 0 Å². The number of benzene rings is 1. The molecule has 94 valence electrons. The number of methoxy groups -OCH3 is 1. The van der Waals surface area contributed by atoms with E-state index in [9.17, 15) is 0 Å². The van der Waals surface area contributed by atoms with Gasteiger partial charge < -0.3 is 10.5 Å². The molecule has 0 amide bonds. The lowest BCUT2D eigenvalue weighted by atomic mass is 9.89. The van der Waals surface area contributed by atoms with E-state index in [-0.39, 0.29) is 5.54 Å². The quantitative estimate of drug-likeness (QED) is 0.919. The third-order valence-corrected chi connectivity index (χ3v) is 4.64. The third-order valence-electron chi connectivity index (χ3n) is 3.76. The highest BCUT2D eigenvalue weighted by atomic mass is 32.1. The van der Waals surface area contributed by atoms with Crippen molar-refractivity contribution in [2.45, 2.75) is 24.8 Å². The van der Waals surface area contributed by atoms with E-state index < -0.39 is 0 Å². The van der Waals surface area contributed by atoms with E-state index in [4.69, 9.17) is 10.5 Å². The zero-order chi connectivity index (χ0) is 12.6. The van der Waals surface area contributed by atoms with Gasteiger partial charge in [-0.1, -0.05) is 12.1 Å². The van der Waals surface area contributed by atoms with Gasteiger partial charge in [0.25, 0.3) is 0 Å². The molecule has 0 saturated heterocycles. The molecule has 2 N–H and O–H groups in total. The van der Waals surface area contributed by atoms with Gasteiger partial charge in [0.15, 0.2) is 0 Å². The number of ether oxygens (including phenoxy) is 1. The molecule has 1 heterocycles. The molecular weight excluding hydrogens is 242 g/mol. The number of rotatable bonds is 3. The maximum Gasteiger partial charge on any atom is 0.119 e. The van der Waals surface area contributed by atoms with Gasteiger partial charge in [-0.15, -0.1) is 11.3 Å². The number of nitrogens with two attached hydrogens (primary N) is 1. The Hall–Kier alpha value is -1.32. The summed E-state index contributed by atoms with van der Waals surface area (Å²) in [5.41, 5.74) is 9.04. The molecule has 1 aromatic heterocycles. The Balaban J connectivity index is 1.96. The van der Waals surface area contributed by atoms with Crippen molar-refractivity contribution in [3.63, 3.8) is 0 Å². The van der Waals surface area contributed by atoms with E-state index in [1.54, 1.807) is 18.4 Å². The molecule has 3 heteroatoms. The zero-order valence-electron chi connectivity index (χ0n) is 10.5. The topological polar surface area (TPSA) is 35.2 Å². The molecular formula is C15H17NOS. The average molecular weight is 259 g/mol. The highest BCUT2D eigenvalue weighted by Crippen LogP contribution is 2.39. The van der Waals surface area contributed by atoms with Gasteiger partial charge in [0.1, 0.15) is 5.75 Å². The molecule has 0 fully saturated rings. The minimum atomic E-state index is -0.227. The Morgan fingerprint density at radius 1 is 1.39 bits per heavy atom. The van der Waals surface area contributed by atoms with Gasteiger partial charge in [-0.25, -0.2) is 0 Å². The predicted molar refractivity (Wildman–Crippen MR) is 75.2 cm³/mol. The van der Waals surface area contributed by atoms with Crippen molar-refractivity contribution < 1.29 is 4.74 Å². The van der Waals surface area contributed by atoms with Crippen LogP contribution in [0.5, 0.6) is 5.75 Å². The minimum Gasteiger partial charge on any atom is -0.497 e. The molecule has 0 saturated carbocycles. The van der Waals surface area contributed by atoms with Gasteiger partial charge in [0.05, 0.1) is 7.11 Å². The third kappa shape index (κ3) is 1.93. The van der Waals surface area contributed by atoms with Crippen LogP contribution < -0.4 is 10.5 Å². The van der Waals surface area contributed by atoms with Crippen LogP contribution >= 0.6 is 11.3 Å². The number of thiophene rings is 1. The molecule has 1 aliphatic rings. The highest BCUT2D eigenvalue weighted by molar-refractivity contribution is 7.09. The fraction of sp³-hybridized carbons (Fsp3) is 0.333. The van der Waals surface area contributed by atoms with Crippen molar-refractivity contribution in [2.75, 3.05) is 7.11 Å². The maximum absolute atomic E-state index is 6.64. The smallest absolute Gasteiger partial charge is 0.119 e. The second kappa shape index (κ2) is 4.41. The molecule has 0 spiro atoms. The minimum absolute atomic E-state index is 0.227. The average Bonchev–Trinajstić information content (AvgIpc) is 2.99. The first-order chi connectivity index (χ1) is 8.71. The van der Waals surface area contributed by atoms with Gasteiger partial charge in [-0.3, -0.25) is 0 Å². The van der Waals surface area contributed by atoms with Gasteiger partial charge in [-0.05, 0) is 47.5 Å². The van der Waals surface area contributed by atoms with Crippen LogP contribution in [-0.4, -0.2) is 7.11 Å². The van der Waals surface area contributed by atoms with Crippen LogP contribution in [-0.2, 0) is 18.4 Å². The number of hydrogen-bond acceptors (Lipinski definition) is 3. The molecule has 1 atom stereocenters. The molecule has 0 radical (unpaired) electrons. The van der Waals surface area contributed by atoms with Crippen molar-refractivity contribution in [1.82, 2.24) is 0 Å². The normalized spacial score (nSPS) is 21.9. The fourth-order valence-electron chi connectivity index (χ4n) is 2.76. The second-order valence-corrected chi connectivity index (χ2v) is 5.97. The van der Waals surface area contributed by atoms with Crippen LogP contribution in [0.25, 0.3) is 0 Å². The van der Waals surface area contributed by atoms with Crippen molar-refractivity contribution in [3.05, 3.63) is 51.7 Å².